The Labute approximate surface area is 212 Å². The molecule has 1 aromatic heterocycles. The summed E-state index contributed by atoms with van der Waals surface area (Å²) in [7, 11) is 0. The number of aromatic amines is 1. The van der Waals surface area contributed by atoms with Crippen LogP contribution in [0.4, 0.5) is 0 Å². The fourth-order valence-corrected chi connectivity index (χ4v) is 3.93. The first-order valence-electron chi connectivity index (χ1n) is 11.7. The molecule has 2 heterocycles. The second kappa shape index (κ2) is 13.8. The number of likely N-dealkylation sites (tertiary alicyclic amines) is 1. The summed E-state index contributed by atoms with van der Waals surface area (Å²) in [6, 6.07) is -4.54. The molecule has 0 bridgehead atoms. The van der Waals surface area contributed by atoms with E-state index < -0.39 is 60.2 Å². The third-order valence-corrected chi connectivity index (χ3v) is 5.76. The van der Waals surface area contributed by atoms with E-state index in [1.54, 1.807) is 0 Å². The van der Waals surface area contributed by atoms with Gasteiger partial charge in [0.2, 0.25) is 23.6 Å². The zero-order valence-electron chi connectivity index (χ0n) is 20.3. The Balaban J connectivity index is 2.09. The summed E-state index contributed by atoms with van der Waals surface area (Å²) in [5.74, 6) is -4.29. The normalized spacial score (nSPS) is 17.3. The Morgan fingerprint density at radius 3 is 2.51 bits per heavy atom. The van der Waals surface area contributed by atoms with E-state index in [1.807, 2.05) is 0 Å². The first kappa shape index (κ1) is 29.0. The number of hydrogen-bond acceptors (Lipinski definition) is 8. The molecule has 0 spiro atoms. The van der Waals surface area contributed by atoms with Gasteiger partial charge in [0.15, 0.2) is 5.96 Å². The number of nitrogens with zero attached hydrogens (tertiary/aromatic N) is 3. The van der Waals surface area contributed by atoms with Crippen LogP contribution in [0, 0.1) is 0 Å². The first-order chi connectivity index (χ1) is 17.5. The quantitative estimate of drug-likeness (QED) is 0.0671. The number of primary amides is 1. The number of nitrogens with one attached hydrogen (secondary N) is 3. The number of amides is 4. The van der Waals surface area contributed by atoms with Crippen molar-refractivity contribution in [3.63, 3.8) is 0 Å². The van der Waals surface area contributed by atoms with Gasteiger partial charge in [-0.2, -0.15) is 0 Å². The Hall–Kier alpha value is -4.21. The van der Waals surface area contributed by atoms with E-state index in [9.17, 15) is 29.1 Å². The number of aromatic nitrogens is 2. The van der Waals surface area contributed by atoms with Crippen molar-refractivity contribution in [3.8, 4) is 0 Å². The SMILES string of the molecule is NC(=O)CC(NC(=O)C(Cc1cnc[nH]1)NC(=O)C1CCCN1C(=O)C(N)CCCN=C(N)N)C(=O)O. The Morgan fingerprint density at radius 1 is 1.19 bits per heavy atom. The molecule has 1 saturated heterocycles. The standard InChI is InChI=1S/C21H34N10O6/c22-12(3-1-5-27-21(24)25)19(35)31-6-2-4-15(31)18(34)29-13(7-11-9-26-10-28-11)17(33)30-14(20(36)37)8-16(23)32/h9-10,12-15H,1-8,22H2,(H2,23,32)(H,26,28)(H,29,34)(H,30,33)(H,36,37)(H4,24,25,27). The predicted molar refractivity (Wildman–Crippen MR) is 130 cm³/mol. The van der Waals surface area contributed by atoms with Crippen molar-refractivity contribution in [2.45, 2.75) is 62.7 Å². The van der Waals surface area contributed by atoms with Crippen LogP contribution >= 0.6 is 0 Å². The molecule has 12 N–H and O–H groups in total. The summed E-state index contributed by atoms with van der Waals surface area (Å²) in [5.41, 5.74) is 22.2. The van der Waals surface area contributed by atoms with E-state index in [2.05, 4.69) is 25.6 Å². The molecule has 4 amide bonds. The van der Waals surface area contributed by atoms with Crippen molar-refractivity contribution >= 4 is 35.6 Å². The Kier molecular flexibility index (Phi) is 10.8. The van der Waals surface area contributed by atoms with Gasteiger partial charge in [0.1, 0.15) is 18.1 Å². The Bertz CT molecular complexity index is 994. The minimum absolute atomic E-state index is 0.0501. The van der Waals surface area contributed by atoms with Crippen LogP contribution in [0.25, 0.3) is 0 Å². The maximum atomic E-state index is 13.2. The van der Waals surface area contributed by atoms with Crippen LogP contribution in [0.2, 0.25) is 0 Å². The molecule has 16 heteroatoms. The van der Waals surface area contributed by atoms with E-state index in [4.69, 9.17) is 22.9 Å². The van der Waals surface area contributed by atoms with Crippen molar-refractivity contribution in [1.82, 2.24) is 25.5 Å². The molecule has 0 saturated carbocycles. The van der Waals surface area contributed by atoms with Gasteiger partial charge in [0, 0.05) is 31.4 Å². The van der Waals surface area contributed by atoms with E-state index >= 15 is 0 Å². The van der Waals surface area contributed by atoms with Crippen LogP contribution in [-0.4, -0.2) is 92.8 Å². The highest BCUT2D eigenvalue weighted by molar-refractivity contribution is 5.95. The van der Waals surface area contributed by atoms with E-state index in [0.717, 1.165) is 0 Å². The zero-order chi connectivity index (χ0) is 27.5. The molecule has 1 aliphatic heterocycles. The summed E-state index contributed by atoms with van der Waals surface area (Å²) >= 11 is 0. The minimum Gasteiger partial charge on any atom is -0.480 e. The second-order valence-corrected chi connectivity index (χ2v) is 8.66. The van der Waals surface area contributed by atoms with Gasteiger partial charge in [-0.15, -0.1) is 0 Å². The average molecular weight is 523 g/mol. The monoisotopic (exact) mass is 522 g/mol. The number of carbonyl (C=O) groups excluding carboxylic acids is 4. The number of carbonyl (C=O) groups is 5. The number of nitrogens with two attached hydrogens (primary N) is 4. The van der Waals surface area contributed by atoms with Gasteiger partial charge in [-0.1, -0.05) is 0 Å². The van der Waals surface area contributed by atoms with E-state index in [-0.39, 0.29) is 12.4 Å². The molecule has 0 aromatic carbocycles. The predicted octanol–water partition coefficient (Wildman–Crippen LogP) is -3.75. The maximum absolute atomic E-state index is 13.2. The zero-order valence-corrected chi connectivity index (χ0v) is 20.3. The fourth-order valence-electron chi connectivity index (χ4n) is 3.93. The highest BCUT2D eigenvalue weighted by Crippen LogP contribution is 2.19. The van der Waals surface area contributed by atoms with Crippen molar-refractivity contribution in [2.75, 3.05) is 13.1 Å². The highest BCUT2D eigenvalue weighted by Gasteiger charge is 2.38. The number of H-pyrrole nitrogens is 1. The maximum Gasteiger partial charge on any atom is 0.326 e. The first-order valence-corrected chi connectivity index (χ1v) is 11.7. The van der Waals surface area contributed by atoms with Gasteiger partial charge >= 0.3 is 5.97 Å². The number of hydrogen-bond donors (Lipinski definition) is 8. The molecule has 4 atom stereocenters. The van der Waals surface area contributed by atoms with Crippen LogP contribution < -0.4 is 33.6 Å². The number of aliphatic carboxylic acids is 1. The lowest BCUT2D eigenvalue weighted by Crippen LogP contribution is -2.57. The Morgan fingerprint density at radius 2 is 1.92 bits per heavy atom. The van der Waals surface area contributed by atoms with E-state index in [0.29, 0.717) is 44.5 Å². The van der Waals surface area contributed by atoms with Crippen LogP contribution in [0.5, 0.6) is 0 Å². The molecule has 2 rings (SSSR count). The molecule has 0 radical (unpaired) electrons. The number of guanidine groups is 1. The van der Waals surface area contributed by atoms with Gasteiger partial charge in [0.05, 0.1) is 18.8 Å². The van der Waals surface area contributed by atoms with Gasteiger partial charge in [-0.05, 0) is 25.7 Å². The van der Waals surface area contributed by atoms with Crippen LogP contribution in [0.3, 0.4) is 0 Å². The second-order valence-electron chi connectivity index (χ2n) is 8.66. The van der Waals surface area contributed by atoms with Crippen molar-refractivity contribution < 1.29 is 29.1 Å². The molecule has 1 aliphatic rings. The van der Waals surface area contributed by atoms with Crippen molar-refractivity contribution in [2.24, 2.45) is 27.9 Å². The van der Waals surface area contributed by atoms with E-state index in [1.165, 1.54) is 17.4 Å². The lowest BCUT2D eigenvalue weighted by molar-refractivity contribution is -0.144. The number of carboxylic acid groups (broad SMARTS) is 1. The van der Waals surface area contributed by atoms with Crippen LogP contribution in [-0.2, 0) is 30.4 Å². The summed E-state index contributed by atoms with van der Waals surface area (Å²) < 4.78 is 0. The minimum atomic E-state index is -1.58. The number of aliphatic imine (C=N–C) groups is 1. The third-order valence-electron chi connectivity index (χ3n) is 5.76. The smallest absolute Gasteiger partial charge is 0.326 e. The topological polar surface area (TPSA) is 278 Å². The molecule has 4 unspecified atom stereocenters. The summed E-state index contributed by atoms with van der Waals surface area (Å²) in [6.07, 6.45) is 3.84. The van der Waals surface area contributed by atoms with Gasteiger partial charge in [-0.3, -0.25) is 24.2 Å². The molecular weight excluding hydrogens is 488 g/mol. The summed E-state index contributed by atoms with van der Waals surface area (Å²) in [4.78, 5) is 73.6. The van der Waals surface area contributed by atoms with Crippen molar-refractivity contribution in [3.05, 3.63) is 18.2 Å². The average Bonchev–Trinajstić information content (AvgIpc) is 3.52. The van der Waals surface area contributed by atoms with Gasteiger partial charge < -0.3 is 48.6 Å². The van der Waals surface area contributed by atoms with Crippen molar-refractivity contribution in [1.29, 1.82) is 0 Å². The molecule has 1 fully saturated rings. The summed E-state index contributed by atoms with van der Waals surface area (Å²) in [6.45, 7) is 0.625. The fraction of sp³-hybridized carbons (Fsp3) is 0.571. The molecule has 204 valence electrons. The molecule has 16 nitrogen and oxygen atoms in total. The molecule has 37 heavy (non-hydrogen) atoms. The van der Waals surface area contributed by atoms with Crippen LogP contribution in [0.15, 0.2) is 17.5 Å². The largest absolute Gasteiger partial charge is 0.480 e. The lowest BCUT2D eigenvalue weighted by atomic mass is 10.1. The number of rotatable bonds is 14. The summed E-state index contributed by atoms with van der Waals surface area (Å²) in [5, 5.41) is 14.1. The molecule has 0 aliphatic carbocycles. The van der Waals surface area contributed by atoms with Crippen LogP contribution in [0.1, 0.15) is 37.8 Å². The highest BCUT2D eigenvalue weighted by atomic mass is 16.4. The molecular formula is C21H34N10O6. The van der Waals surface area contributed by atoms with Gasteiger partial charge in [-0.25, -0.2) is 9.78 Å². The third kappa shape index (κ3) is 9.06. The number of imidazole rings is 1. The lowest BCUT2D eigenvalue weighted by Gasteiger charge is -2.28. The number of carboxylic acids is 1. The molecule has 1 aromatic rings. The van der Waals surface area contributed by atoms with Gasteiger partial charge in [0.25, 0.3) is 0 Å².